The Balaban J connectivity index is 1.91. The van der Waals surface area contributed by atoms with E-state index in [1.165, 1.54) is 12.1 Å². The molecule has 0 saturated heterocycles. The molecule has 0 aliphatic heterocycles. The van der Waals surface area contributed by atoms with Gasteiger partial charge in [-0.3, -0.25) is 4.79 Å². The van der Waals surface area contributed by atoms with Gasteiger partial charge < -0.3 is 9.73 Å². The molecule has 0 atom stereocenters. The van der Waals surface area contributed by atoms with Crippen molar-refractivity contribution in [1.29, 1.82) is 0 Å². The Labute approximate surface area is 126 Å². The van der Waals surface area contributed by atoms with Crippen molar-refractivity contribution in [2.45, 2.75) is 31.9 Å². The number of carbonyl (C=O) groups is 1. The molecule has 7 heteroatoms. The average Bonchev–Trinajstić information content (AvgIpc) is 2.90. The lowest BCUT2D eigenvalue weighted by molar-refractivity contribution is -0.113. The minimum atomic E-state index is -0.387. The molecule has 2 aromatic rings. The monoisotopic (exact) mass is 309 g/mol. The zero-order valence-electron chi connectivity index (χ0n) is 12.0. The minimum Gasteiger partial charge on any atom is -0.416 e. The lowest BCUT2D eigenvalue weighted by Gasteiger charge is -2.07. The Kier molecular flexibility index (Phi) is 4.95. The first-order valence-electron chi connectivity index (χ1n) is 6.48. The highest BCUT2D eigenvalue weighted by atomic mass is 32.2. The van der Waals surface area contributed by atoms with Gasteiger partial charge in [0.2, 0.25) is 11.8 Å². The van der Waals surface area contributed by atoms with Crippen molar-refractivity contribution in [2.24, 2.45) is 0 Å². The van der Waals surface area contributed by atoms with Crippen LogP contribution in [0.25, 0.3) is 0 Å². The summed E-state index contributed by atoms with van der Waals surface area (Å²) in [5.74, 6) is 0.171. The highest BCUT2D eigenvalue weighted by Gasteiger charge is 2.12. The molecule has 0 radical (unpaired) electrons. The predicted molar refractivity (Wildman–Crippen MR) is 78.9 cm³/mol. The minimum absolute atomic E-state index is 0.121. The lowest BCUT2D eigenvalue weighted by atomic mass is 10.2. The number of nitrogens with zero attached hydrogens (tertiary/aromatic N) is 2. The fraction of sp³-hybridized carbons (Fsp3) is 0.357. The van der Waals surface area contributed by atoms with Gasteiger partial charge in [-0.05, 0) is 24.6 Å². The van der Waals surface area contributed by atoms with Gasteiger partial charge in [-0.15, -0.1) is 10.2 Å². The van der Waals surface area contributed by atoms with Gasteiger partial charge >= 0.3 is 0 Å². The molecule has 1 aromatic heterocycles. The average molecular weight is 309 g/mol. The molecule has 112 valence electrons. The Morgan fingerprint density at radius 3 is 2.86 bits per heavy atom. The summed E-state index contributed by atoms with van der Waals surface area (Å²) in [6, 6.07) is 4.26. The molecule has 1 heterocycles. The van der Waals surface area contributed by atoms with E-state index in [0.717, 1.165) is 17.3 Å². The highest BCUT2D eigenvalue weighted by Crippen LogP contribution is 2.21. The van der Waals surface area contributed by atoms with E-state index in [4.69, 9.17) is 4.42 Å². The third kappa shape index (κ3) is 4.29. The Morgan fingerprint density at radius 1 is 1.43 bits per heavy atom. The first kappa shape index (κ1) is 15.5. The van der Waals surface area contributed by atoms with Crippen LogP contribution < -0.4 is 5.32 Å². The van der Waals surface area contributed by atoms with Crippen molar-refractivity contribution in [1.82, 2.24) is 10.2 Å². The molecule has 1 amide bonds. The lowest BCUT2D eigenvalue weighted by Crippen LogP contribution is -2.15. The number of nitrogens with one attached hydrogen (secondary N) is 1. The molecule has 0 aliphatic rings. The number of amides is 1. The zero-order valence-corrected chi connectivity index (χ0v) is 12.8. The van der Waals surface area contributed by atoms with Gasteiger partial charge in [-0.2, -0.15) is 0 Å². The summed E-state index contributed by atoms with van der Waals surface area (Å²) in [5.41, 5.74) is 1.27. The molecule has 0 aliphatic carbocycles. The van der Waals surface area contributed by atoms with Crippen LogP contribution in [0.2, 0.25) is 0 Å². The first-order chi connectivity index (χ1) is 9.95. The molecule has 0 saturated carbocycles. The van der Waals surface area contributed by atoms with E-state index in [1.807, 2.05) is 13.8 Å². The maximum Gasteiger partial charge on any atom is 0.277 e. The highest BCUT2D eigenvalue weighted by molar-refractivity contribution is 7.99. The number of carbonyl (C=O) groups excluding carboxylic acids is 1. The third-order valence-corrected chi connectivity index (χ3v) is 3.53. The van der Waals surface area contributed by atoms with Gasteiger partial charge in [-0.25, -0.2) is 4.39 Å². The Hall–Kier alpha value is -1.89. The molecule has 1 aromatic carbocycles. The Morgan fingerprint density at radius 2 is 2.19 bits per heavy atom. The van der Waals surface area contributed by atoms with Crippen molar-refractivity contribution in [3.63, 3.8) is 0 Å². The van der Waals surface area contributed by atoms with Crippen molar-refractivity contribution in [3.05, 3.63) is 35.5 Å². The molecule has 0 bridgehead atoms. The number of aromatic nitrogens is 2. The van der Waals surface area contributed by atoms with Crippen molar-refractivity contribution in [2.75, 3.05) is 11.1 Å². The number of hydrogen-bond acceptors (Lipinski definition) is 5. The molecule has 0 fully saturated rings. The molecule has 0 spiro atoms. The second kappa shape index (κ2) is 6.71. The molecular weight excluding hydrogens is 293 g/mol. The standard InChI is InChI=1S/C14H16FN3O2S/c1-8(2)13-17-18-14(20-13)21-7-12(19)16-11-6-10(15)5-4-9(11)3/h4-6,8H,7H2,1-3H3,(H,16,19). The number of thioether (sulfide) groups is 1. The smallest absolute Gasteiger partial charge is 0.277 e. The number of rotatable bonds is 5. The molecule has 5 nitrogen and oxygen atoms in total. The van der Waals surface area contributed by atoms with E-state index < -0.39 is 0 Å². The number of halogens is 1. The van der Waals surface area contributed by atoms with Crippen LogP contribution in [0.15, 0.2) is 27.8 Å². The van der Waals surface area contributed by atoms with Gasteiger partial charge in [0.1, 0.15) is 5.82 Å². The Bertz CT molecular complexity index is 643. The fourth-order valence-corrected chi connectivity index (χ4v) is 2.12. The van der Waals surface area contributed by atoms with E-state index in [2.05, 4.69) is 15.5 Å². The first-order valence-corrected chi connectivity index (χ1v) is 7.46. The number of hydrogen-bond donors (Lipinski definition) is 1. The molecule has 1 N–H and O–H groups in total. The quantitative estimate of drug-likeness (QED) is 0.858. The SMILES string of the molecule is Cc1ccc(F)cc1NC(=O)CSc1nnc(C(C)C)o1. The van der Waals surface area contributed by atoms with Gasteiger partial charge in [-0.1, -0.05) is 31.7 Å². The summed E-state index contributed by atoms with van der Waals surface area (Å²) in [7, 11) is 0. The van der Waals surface area contributed by atoms with E-state index in [-0.39, 0.29) is 23.4 Å². The largest absolute Gasteiger partial charge is 0.416 e. The molecular formula is C14H16FN3O2S. The van der Waals surface area contributed by atoms with Crippen molar-refractivity contribution < 1.29 is 13.6 Å². The predicted octanol–water partition coefficient (Wildman–Crippen LogP) is 3.37. The molecule has 21 heavy (non-hydrogen) atoms. The third-order valence-electron chi connectivity index (χ3n) is 2.72. The summed E-state index contributed by atoms with van der Waals surface area (Å²) < 4.78 is 18.5. The second-order valence-corrected chi connectivity index (χ2v) is 5.78. The van der Waals surface area contributed by atoms with E-state index in [1.54, 1.807) is 13.0 Å². The van der Waals surface area contributed by atoms with Crippen molar-refractivity contribution >= 4 is 23.4 Å². The van der Waals surface area contributed by atoms with Gasteiger partial charge in [0.25, 0.3) is 5.22 Å². The molecule has 0 unspecified atom stereocenters. The van der Waals surface area contributed by atoms with Crippen LogP contribution in [0, 0.1) is 12.7 Å². The molecule has 2 rings (SSSR count). The van der Waals surface area contributed by atoms with Crippen LogP contribution in [0.4, 0.5) is 10.1 Å². The summed E-state index contributed by atoms with van der Waals surface area (Å²) in [5, 5.41) is 10.8. The second-order valence-electron chi connectivity index (χ2n) is 4.86. The summed E-state index contributed by atoms with van der Waals surface area (Å²) in [6.45, 7) is 5.69. The summed E-state index contributed by atoms with van der Waals surface area (Å²) >= 11 is 1.15. The van der Waals surface area contributed by atoms with Crippen LogP contribution in [-0.4, -0.2) is 21.9 Å². The van der Waals surface area contributed by atoms with Crippen LogP contribution >= 0.6 is 11.8 Å². The van der Waals surface area contributed by atoms with Crippen LogP contribution in [0.5, 0.6) is 0 Å². The maximum absolute atomic E-state index is 13.1. The van der Waals surface area contributed by atoms with Crippen molar-refractivity contribution in [3.8, 4) is 0 Å². The summed E-state index contributed by atoms with van der Waals surface area (Å²) in [4.78, 5) is 11.8. The topological polar surface area (TPSA) is 68.0 Å². The fourth-order valence-electron chi connectivity index (χ4n) is 1.55. The number of aryl methyl sites for hydroxylation is 1. The zero-order chi connectivity index (χ0) is 15.4. The van der Waals surface area contributed by atoms with E-state index >= 15 is 0 Å². The number of anilines is 1. The van der Waals surface area contributed by atoms with Crippen LogP contribution in [0.1, 0.15) is 31.2 Å². The van der Waals surface area contributed by atoms with Crippen LogP contribution in [-0.2, 0) is 4.79 Å². The van der Waals surface area contributed by atoms with E-state index in [9.17, 15) is 9.18 Å². The normalized spacial score (nSPS) is 10.9. The van der Waals surface area contributed by atoms with Gasteiger partial charge in [0.15, 0.2) is 0 Å². The van der Waals surface area contributed by atoms with Gasteiger partial charge in [0.05, 0.1) is 5.75 Å². The van der Waals surface area contributed by atoms with Crippen LogP contribution in [0.3, 0.4) is 0 Å². The maximum atomic E-state index is 13.1. The number of benzene rings is 1. The van der Waals surface area contributed by atoms with Gasteiger partial charge in [0, 0.05) is 11.6 Å². The summed E-state index contributed by atoms with van der Waals surface area (Å²) in [6.07, 6.45) is 0. The van der Waals surface area contributed by atoms with E-state index in [0.29, 0.717) is 16.8 Å².